The molecule has 0 aliphatic carbocycles. The highest BCUT2D eigenvalue weighted by molar-refractivity contribution is 7.71. The van der Waals surface area contributed by atoms with Crippen molar-refractivity contribution in [2.75, 3.05) is 13.1 Å². The average molecular weight is 414 g/mol. The molecule has 1 N–H and O–H groups in total. The molecule has 5 nitrogen and oxygen atoms in total. The van der Waals surface area contributed by atoms with Crippen LogP contribution in [0.5, 0.6) is 0 Å². The number of nitrogens with zero attached hydrogens (tertiary/aromatic N) is 2. The Balaban J connectivity index is 1.72. The molecule has 1 fully saturated rings. The van der Waals surface area contributed by atoms with Gasteiger partial charge >= 0.3 is 0 Å². The molecule has 28 heavy (non-hydrogen) atoms. The molecule has 7 heteroatoms. The van der Waals surface area contributed by atoms with E-state index in [0.717, 1.165) is 25.1 Å². The van der Waals surface area contributed by atoms with Crippen molar-refractivity contribution in [2.24, 2.45) is 5.92 Å². The number of benzene rings is 2. The van der Waals surface area contributed by atoms with Gasteiger partial charge in [-0.25, -0.2) is 0 Å². The van der Waals surface area contributed by atoms with Crippen LogP contribution in [0.1, 0.15) is 29.3 Å². The van der Waals surface area contributed by atoms with Crippen molar-refractivity contribution in [1.82, 2.24) is 14.5 Å². The first-order chi connectivity index (χ1) is 13.4. The number of likely N-dealkylation sites (tertiary alicyclic amines) is 1. The number of halogens is 1. The highest BCUT2D eigenvalue weighted by atomic mass is 35.5. The number of rotatable bonds is 3. The highest BCUT2D eigenvalue weighted by Crippen LogP contribution is 2.20. The summed E-state index contributed by atoms with van der Waals surface area (Å²) in [6, 6.07) is 12.5. The highest BCUT2D eigenvalue weighted by Gasteiger charge is 2.24. The SMILES string of the molecule is CC1CCN(C(=O)c2ccc3c(=O)n(Cc4ccccc4Cl)c(=S)[nH]c3c2)C1. The molecule has 0 radical (unpaired) electrons. The number of aromatic nitrogens is 2. The third-order valence-electron chi connectivity index (χ3n) is 5.23. The minimum atomic E-state index is -0.201. The van der Waals surface area contributed by atoms with Crippen LogP contribution in [0.2, 0.25) is 5.02 Å². The van der Waals surface area contributed by atoms with Crippen LogP contribution in [0.25, 0.3) is 10.9 Å². The van der Waals surface area contributed by atoms with E-state index in [-0.39, 0.29) is 18.0 Å². The largest absolute Gasteiger partial charge is 0.338 e. The lowest BCUT2D eigenvalue weighted by atomic mass is 10.1. The Hall–Kier alpha value is -2.44. The standard InChI is InChI=1S/C21H20ClN3O2S/c1-13-8-9-24(11-13)19(26)14-6-7-16-18(10-14)23-21(28)25(20(16)27)12-15-4-2-3-5-17(15)22/h2-7,10,13H,8-9,11-12H2,1H3,(H,23,28). The van der Waals surface area contributed by atoms with Crippen molar-refractivity contribution in [1.29, 1.82) is 0 Å². The maximum absolute atomic E-state index is 13.0. The van der Waals surface area contributed by atoms with Gasteiger partial charge in [0.05, 0.1) is 17.4 Å². The number of hydrogen-bond acceptors (Lipinski definition) is 3. The summed E-state index contributed by atoms with van der Waals surface area (Å²) in [6.07, 6.45) is 1.02. The van der Waals surface area contributed by atoms with Gasteiger partial charge in [-0.15, -0.1) is 0 Å². The van der Waals surface area contributed by atoms with Crippen LogP contribution in [0.3, 0.4) is 0 Å². The molecule has 1 unspecified atom stereocenters. The number of carbonyl (C=O) groups is 1. The molecule has 1 aliphatic heterocycles. The van der Waals surface area contributed by atoms with Gasteiger partial charge in [0.1, 0.15) is 0 Å². The van der Waals surface area contributed by atoms with Gasteiger partial charge in [-0.05, 0) is 54.4 Å². The van der Waals surface area contributed by atoms with E-state index in [4.69, 9.17) is 23.8 Å². The van der Waals surface area contributed by atoms with Crippen LogP contribution in [-0.2, 0) is 6.54 Å². The van der Waals surface area contributed by atoms with Crippen molar-refractivity contribution in [2.45, 2.75) is 19.9 Å². The van der Waals surface area contributed by atoms with E-state index in [9.17, 15) is 9.59 Å². The molecular weight excluding hydrogens is 394 g/mol. The molecule has 0 bridgehead atoms. The molecule has 1 aromatic heterocycles. The average Bonchev–Trinajstić information content (AvgIpc) is 3.11. The lowest BCUT2D eigenvalue weighted by Gasteiger charge is -2.16. The Labute approximate surface area is 172 Å². The number of hydrogen-bond donors (Lipinski definition) is 1. The molecule has 2 aromatic carbocycles. The number of carbonyl (C=O) groups excluding carboxylic acids is 1. The van der Waals surface area contributed by atoms with Crippen molar-refractivity contribution in [3.05, 3.63) is 73.7 Å². The zero-order valence-electron chi connectivity index (χ0n) is 15.4. The molecule has 144 valence electrons. The van der Waals surface area contributed by atoms with E-state index in [2.05, 4.69) is 11.9 Å². The number of aromatic amines is 1. The number of nitrogens with one attached hydrogen (secondary N) is 1. The van der Waals surface area contributed by atoms with Crippen molar-refractivity contribution >= 4 is 40.6 Å². The van der Waals surface area contributed by atoms with Gasteiger partial charge in [-0.3, -0.25) is 14.2 Å². The van der Waals surface area contributed by atoms with Crippen LogP contribution < -0.4 is 5.56 Å². The maximum Gasteiger partial charge on any atom is 0.262 e. The second-order valence-corrected chi connectivity index (χ2v) is 8.11. The molecule has 1 saturated heterocycles. The predicted octanol–water partition coefficient (Wildman–Crippen LogP) is 4.24. The second kappa shape index (κ2) is 7.53. The molecule has 1 atom stereocenters. The van der Waals surface area contributed by atoms with Crippen molar-refractivity contribution in [3.8, 4) is 0 Å². The Morgan fingerprint density at radius 3 is 2.79 bits per heavy atom. The molecule has 0 saturated carbocycles. The summed E-state index contributed by atoms with van der Waals surface area (Å²) < 4.78 is 1.79. The maximum atomic E-state index is 13.0. The molecule has 3 aromatic rings. The third-order valence-corrected chi connectivity index (χ3v) is 5.92. The lowest BCUT2D eigenvalue weighted by molar-refractivity contribution is 0.0788. The summed E-state index contributed by atoms with van der Waals surface area (Å²) in [7, 11) is 0. The van der Waals surface area contributed by atoms with E-state index < -0.39 is 0 Å². The molecule has 4 rings (SSSR count). The first-order valence-electron chi connectivity index (χ1n) is 9.23. The van der Waals surface area contributed by atoms with Gasteiger partial charge in [0.15, 0.2) is 4.77 Å². The fourth-order valence-corrected chi connectivity index (χ4v) is 4.08. The van der Waals surface area contributed by atoms with Gasteiger partial charge in [0.2, 0.25) is 0 Å². The van der Waals surface area contributed by atoms with Crippen molar-refractivity contribution < 1.29 is 4.79 Å². The lowest BCUT2D eigenvalue weighted by Crippen LogP contribution is -2.28. The minimum absolute atomic E-state index is 0.00851. The smallest absolute Gasteiger partial charge is 0.262 e. The normalized spacial score (nSPS) is 16.6. The van der Waals surface area contributed by atoms with Crippen LogP contribution >= 0.6 is 23.8 Å². The monoisotopic (exact) mass is 413 g/mol. The Bertz CT molecular complexity index is 1180. The zero-order chi connectivity index (χ0) is 19.8. The molecule has 0 spiro atoms. The molecular formula is C21H20ClN3O2S. The fraction of sp³-hybridized carbons (Fsp3) is 0.286. The van der Waals surface area contributed by atoms with Crippen LogP contribution in [0.4, 0.5) is 0 Å². The summed E-state index contributed by atoms with van der Waals surface area (Å²) in [4.78, 5) is 30.7. The first kappa shape index (κ1) is 18.9. The van der Waals surface area contributed by atoms with E-state index in [1.807, 2.05) is 23.1 Å². The zero-order valence-corrected chi connectivity index (χ0v) is 17.0. The Kier molecular flexibility index (Phi) is 5.08. The van der Waals surface area contributed by atoms with E-state index in [1.165, 1.54) is 4.57 Å². The van der Waals surface area contributed by atoms with Gasteiger partial charge < -0.3 is 9.88 Å². The van der Waals surface area contributed by atoms with Gasteiger partial charge in [0.25, 0.3) is 11.5 Å². The summed E-state index contributed by atoms with van der Waals surface area (Å²) in [5.41, 5.74) is 1.76. The summed E-state index contributed by atoms with van der Waals surface area (Å²) in [5, 5.41) is 1.08. The fourth-order valence-electron chi connectivity index (χ4n) is 3.63. The van der Waals surface area contributed by atoms with E-state index >= 15 is 0 Å². The topological polar surface area (TPSA) is 58.1 Å². The quantitative estimate of drug-likeness (QED) is 0.653. The second-order valence-electron chi connectivity index (χ2n) is 7.32. The minimum Gasteiger partial charge on any atom is -0.338 e. The first-order valence-corrected chi connectivity index (χ1v) is 10.0. The molecule has 1 amide bonds. The van der Waals surface area contributed by atoms with Crippen LogP contribution in [0, 0.1) is 10.7 Å². The van der Waals surface area contributed by atoms with Gasteiger partial charge in [-0.2, -0.15) is 0 Å². The van der Waals surface area contributed by atoms with Gasteiger partial charge in [0, 0.05) is 23.7 Å². The third kappa shape index (κ3) is 3.50. The van der Waals surface area contributed by atoms with E-state index in [0.29, 0.717) is 32.2 Å². The Morgan fingerprint density at radius 1 is 1.29 bits per heavy atom. The summed E-state index contributed by atoms with van der Waals surface area (Å²) in [5.74, 6) is 0.512. The van der Waals surface area contributed by atoms with Gasteiger partial charge in [-0.1, -0.05) is 36.7 Å². The Morgan fingerprint density at radius 2 is 2.07 bits per heavy atom. The van der Waals surface area contributed by atoms with E-state index in [1.54, 1.807) is 24.3 Å². The molecule has 2 heterocycles. The number of H-pyrrole nitrogens is 1. The van der Waals surface area contributed by atoms with Crippen molar-refractivity contribution in [3.63, 3.8) is 0 Å². The van der Waals surface area contributed by atoms with Crippen LogP contribution in [0.15, 0.2) is 47.3 Å². The number of amides is 1. The summed E-state index contributed by atoms with van der Waals surface area (Å²) in [6.45, 7) is 3.97. The number of fused-ring (bicyclic) bond motifs is 1. The molecule has 1 aliphatic rings. The predicted molar refractivity (Wildman–Crippen MR) is 114 cm³/mol. The summed E-state index contributed by atoms with van der Waals surface area (Å²) >= 11 is 11.6. The van der Waals surface area contributed by atoms with Crippen LogP contribution in [-0.4, -0.2) is 33.4 Å².